The lowest BCUT2D eigenvalue weighted by molar-refractivity contribution is -0.368. The van der Waals surface area contributed by atoms with E-state index in [0.29, 0.717) is 5.92 Å². The highest BCUT2D eigenvalue weighted by Gasteiger charge is 2.22. The van der Waals surface area contributed by atoms with Crippen molar-refractivity contribution in [2.45, 2.75) is 59.2 Å². The molecular weight excluding hydrogens is 216 g/mol. The normalized spacial score (nSPS) is 16.9. The van der Waals surface area contributed by atoms with Crippen LogP contribution in [0.3, 0.4) is 0 Å². The van der Waals surface area contributed by atoms with Gasteiger partial charge in [0.2, 0.25) is 0 Å². The first-order valence-corrected chi connectivity index (χ1v) is 6.64. The number of aliphatic hydroxyl groups is 1. The van der Waals surface area contributed by atoms with E-state index in [9.17, 15) is 9.90 Å². The lowest BCUT2D eigenvalue weighted by Crippen LogP contribution is -2.50. The van der Waals surface area contributed by atoms with E-state index in [1.165, 1.54) is 0 Å². The summed E-state index contributed by atoms with van der Waals surface area (Å²) in [6.07, 6.45) is 2.18. The molecule has 0 aromatic rings. The first kappa shape index (κ1) is 16.6. The van der Waals surface area contributed by atoms with Gasteiger partial charge in [0, 0.05) is 0 Å². The van der Waals surface area contributed by atoms with Gasteiger partial charge in [-0.25, -0.2) is 0 Å². The zero-order chi connectivity index (χ0) is 13.4. The second-order valence-electron chi connectivity index (χ2n) is 5.23. The van der Waals surface area contributed by atoms with Crippen LogP contribution in [0.25, 0.3) is 0 Å². The number of hydrogen-bond donors (Lipinski definition) is 3. The molecule has 3 unspecified atom stereocenters. The number of Topliss-reactive ketones (excluding diaryl/α,β-unsaturated/α-hetero) is 1. The minimum atomic E-state index is -0.608. The average Bonchev–Trinajstić information content (AvgIpc) is 2.26. The first-order valence-electron chi connectivity index (χ1n) is 6.64. The van der Waals surface area contributed by atoms with E-state index in [1.54, 1.807) is 6.92 Å². The van der Waals surface area contributed by atoms with Crippen LogP contribution in [0.5, 0.6) is 0 Å². The van der Waals surface area contributed by atoms with Gasteiger partial charge in [0.25, 0.3) is 0 Å². The molecule has 0 aliphatic heterocycles. The molecule has 0 saturated heterocycles. The smallest absolute Gasteiger partial charge is 0.146 e. The van der Waals surface area contributed by atoms with Crippen LogP contribution in [-0.4, -0.2) is 29.7 Å². The molecule has 0 heterocycles. The van der Waals surface area contributed by atoms with Crippen LogP contribution >= 0.6 is 0 Å². The largest absolute Gasteiger partial charge is 0.378 e. The molecule has 4 heteroatoms. The van der Waals surface area contributed by atoms with Crippen molar-refractivity contribution in [1.29, 1.82) is 0 Å². The Labute approximate surface area is 105 Å². The van der Waals surface area contributed by atoms with Crippen molar-refractivity contribution in [3.05, 3.63) is 0 Å². The Hall–Kier alpha value is -0.450. The highest BCUT2D eigenvalue weighted by atomic mass is 16.3. The van der Waals surface area contributed by atoms with Crippen molar-refractivity contribution in [2.75, 3.05) is 6.54 Å². The summed E-state index contributed by atoms with van der Waals surface area (Å²) in [4.78, 5) is 11.5. The molecule has 0 aliphatic carbocycles. The van der Waals surface area contributed by atoms with Gasteiger partial charge < -0.3 is 10.8 Å². The van der Waals surface area contributed by atoms with E-state index < -0.39 is 6.23 Å². The minimum Gasteiger partial charge on any atom is -0.378 e. The quantitative estimate of drug-likeness (QED) is 0.410. The van der Waals surface area contributed by atoms with Crippen LogP contribution < -0.4 is 11.1 Å². The third-order valence-corrected chi connectivity index (χ3v) is 3.41. The van der Waals surface area contributed by atoms with Crippen LogP contribution in [0.4, 0.5) is 0 Å². The van der Waals surface area contributed by atoms with Crippen molar-refractivity contribution in [3.63, 3.8) is 0 Å². The summed E-state index contributed by atoms with van der Waals surface area (Å²) in [5.74, 6) is 0.638. The van der Waals surface area contributed by atoms with Gasteiger partial charge in [0.15, 0.2) is 0 Å². The van der Waals surface area contributed by atoms with Crippen molar-refractivity contribution in [3.8, 4) is 0 Å². The van der Waals surface area contributed by atoms with Gasteiger partial charge >= 0.3 is 0 Å². The number of carbonyl (C=O) groups excluding carboxylic acids is 1. The Balaban J connectivity index is 4.19. The molecule has 0 saturated carbocycles. The maximum absolute atomic E-state index is 11.5. The molecule has 0 amide bonds. The van der Waals surface area contributed by atoms with E-state index in [2.05, 4.69) is 24.9 Å². The fourth-order valence-corrected chi connectivity index (χ4v) is 1.65. The Morgan fingerprint density at radius 1 is 1.29 bits per heavy atom. The van der Waals surface area contributed by atoms with Crippen LogP contribution in [0, 0.1) is 11.8 Å². The summed E-state index contributed by atoms with van der Waals surface area (Å²) in [6.45, 7) is 8.61. The van der Waals surface area contributed by atoms with Gasteiger partial charge in [0.05, 0.1) is 12.6 Å². The summed E-state index contributed by atoms with van der Waals surface area (Å²) in [6, 6.07) is -0.224. The molecule has 0 radical (unpaired) electrons. The highest BCUT2D eigenvalue weighted by Crippen LogP contribution is 2.14. The van der Waals surface area contributed by atoms with E-state index >= 15 is 0 Å². The number of ketones is 1. The molecule has 102 valence electrons. The zero-order valence-electron chi connectivity index (χ0n) is 11.7. The van der Waals surface area contributed by atoms with Crippen molar-refractivity contribution < 1.29 is 15.6 Å². The van der Waals surface area contributed by atoms with Gasteiger partial charge in [-0.15, -0.1) is 0 Å². The van der Waals surface area contributed by atoms with Gasteiger partial charge in [-0.3, -0.25) is 10.1 Å². The number of nitrogens with one attached hydrogen (secondary N) is 1. The average molecular weight is 245 g/mol. The Morgan fingerprint density at radius 3 is 2.29 bits per heavy atom. The van der Waals surface area contributed by atoms with Crippen molar-refractivity contribution >= 4 is 5.78 Å². The zero-order valence-corrected chi connectivity index (χ0v) is 11.7. The Kier molecular flexibility index (Phi) is 8.39. The summed E-state index contributed by atoms with van der Waals surface area (Å²) < 4.78 is 0. The van der Waals surface area contributed by atoms with Crippen LogP contribution in [-0.2, 0) is 4.79 Å². The third kappa shape index (κ3) is 6.76. The third-order valence-electron chi connectivity index (χ3n) is 3.41. The summed E-state index contributed by atoms with van der Waals surface area (Å²) in [7, 11) is 0. The number of aliphatic hydroxyl groups excluding tert-OH is 1. The van der Waals surface area contributed by atoms with Crippen LogP contribution in [0.2, 0.25) is 0 Å². The molecule has 0 aromatic heterocycles. The minimum absolute atomic E-state index is 0.101. The Morgan fingerprint density at radius 2 is 1.88 bits per heavy atom. The molecule has 17 heavy (non-hydrogen) atoms. The van der Waals surface area contributed by atoms with Gasteiger partial charge in [-0.2, -0.15) is 0 Å². The molecular formula is C13H29N2O2+. The molecule has 0 aromatic carbocycles. The van der Waals surface area contributed by atoms with Gasteiger partial charge in [-0.05, 0) is 38.0 Å². The maximum Gasteiger partial charge on any atom is 0.146 e. The molecule has 4 nitrogen and oxygen atoms in total. The molecule has 0 spiro atoms. The monoisotopic (exact) mass is 245 g/mol. The van der Waals surface area contributed by atoms with E-state index in [4.69, 9.17) is 0 Å². The number of carbonyl (C=O) groups is 1. The maximum atomic E-state index is 11.5. The number of hydrogen-bond acceptors (Lipinski definition) is 3. The molecule has 5 N–H and O–H groups in total. The number of unbranched alkanes of at least 4 members (excludes halogenated alkanes) is 1. The van der Waals surface area contributed by atoms with E-state index in [0.717, 1.165) is 25.8 Å². The second kappa shape index (κ2) is 8.61. The van der Waals surface area contributed by atoms with Crippen LogP contribution in [0.1, 0.15) is 47.0 Å². The Bertz CT molecular complexity index is 219. The van der Waals surface area contributed by atoms with Gasteiger partial charge in [-0.1, -0.05) is 20.8 Å². The summed E-state index contributed by atoms with van der Waals surface area (Å²) in [5.41, 5.74) is 3.79. The molecule has 0 aliphatic rings. The number of quaternary nitrogens is 1. The first-order chi connectivity index (χ1) is 7.90. The predicted octanol–water partition coefficient (Wildman–Crippen LogP) is 0.556. The number of rotatable bonds is 9. The lowest BCUT2D eigenvalue weighted by Gasteiger charge is -2.27. The SMILES string of the molecule is CC(=O)C(CCCC[NH3+])NC(O)C(C)C(C)C. The van der Waals surface area contributed by atoms with E-state index in [-0.39, 0.29) is 17.7 Å². The van der Waals surface area contributed by atoms with Crippen molar-refractivity contribution in [1.82, 2.24) is 5.32 Å². The lowest BCUT2D eigenvalue weighted by atomic mass is 9.95. The highest BCUT2D eigenvalue weighted by molar-refractivity contribution is 5.81. The predicted molar refractivity (Wildman–Crippen MR) is 69.2 cm³/mol. The summed E-state index contributed by atoms with van der Waals surface area (Å²) in [5, 5.41) is 13.0. The molecule has 3 atom stereocenters. The summed E-state index contributed by atoms with van der Waals surface area (Å²) >= 11 is 0. The fraction of sp³-hybridized carbons (Fsp3) is 0.923. The van der Waals surface area contributed by atoms with Crippen LogP contribution in [0.15, 0.2) is 0 Å². The fourth-order valence-electron chi connectivity index (χ4n) is 1.65. The molecule has 0 fully saturated rings. The second-order valence-corrected chi connectivity index (χ2v) is 5.23. The van der Waals surface area contributed by atoms with Gasteiger partial charge in [0.1, 0.15) is 12.0 Å². The van der Waals surface area contributed by atoms with E-state index in [1.807, 2.05) is 6.92 Å². The topological polar surface area (TPSA) is 77.0 Å². The van der Waals surface area contributed by atoms with Crippen molar-refractivity contribution in [2.24, 2.45) is 11.8 Å². The standard InChI is InChI=1S/C13H28N2O2/c1-9(2)10(3)13(17)15-12(11(4)16)7-5-6-8-14/h9-10,12-13,15,17H,5-8,14H2,1-4H3/p+1. The molecule has 0 rings (SSSR count). The molecule has 0 bridgehead atoms.